The number of rotatable bonds is 5. The molecular weight excluding hydrogens is 258 g/mol. The molecule has 0 saturated carbocycles. The second kappa shape index (κ2) is 7.22. The molecule has 2 heterocycles. The minimum atomic E-state index is 0.574. The van der Waals surface area contributed by atoms with Crippen LogP contribution in [0.25, 0.3) is 0 Å². The number of hydrogen-bond acceptors (Lipinski definition) is 3. The maximum absolute atomic E-state index is 6.18. The summed E-state index contributed by atoms with van der Waals surface area (Å²) >= 11 is 6.18. The highest BCUT2D eigenvalue weighted by Crippen LogP contribution is 2.21. The van der Waals surface area contributed by atoms with Gasteiger partial charge in [0.05, 0.1) is 5.02 Å². The lowest BCUT2D eigenvalue weighted by Gasteiger charge is -2.33. The average molecular weight is 282 g/mol. The molecular formula is C15H24ClN3. The maximum atomic E-state index is 6.18. The van der Waals surface area contributed by atoms with Crippen molar-refractivity contribution in [1.82, 2.24) is 15.2 Å². The van der Waals surface area contributed by atoms with Crippen LogP contribution in [-0.4, -0.2) is 35.6 Å². The van der Waals surface area contributed by atoms with Crippen LogP contribution in [0.2, 0.25) is 5.02 Å². The Kier molecular flexibility index (Phi) is 5.61. The van der Waals surface area contributed by atoms with Crippen LogP contribution in [0.5, 0.6) is 0 Å². The van der Waals surface area contributed by atoms with Crippen LogP contribution in [0.1, 0.15) is 32.3 Å². The van der Waals surface area contributed by atoms with Gasteiger partial charge in [-0.1, -0.05) is 25.4 Å². The van der Waals surface area contributed by atoms with Gasteiger partial charge in [-0.25, -0.2) is 0 Å². The van der Waals surface area contributed by atoms with E-state index in [1.807, 2.05) is 12.3 Å². The zero-order valence-corrected chi connectivity index (χ0v) is 12.7. The fourth-order valence-electron chi connectivity index (χ4n) is 2.64. The van der Waals surface area contributed by atoms with Gasteiger partial charge < -0.3 is 5.32 Å². The molecule has 1 aliphatic rings. The smallest absolute Gasteiger partial charge is 0.0634 e. The van der Waals surface area contributed by atoms with Crippen molar-refractivity contribution in [3.8, 4) is 0 Å². The Bertz CT molecular complexity index is 395. The van der Waals surface area contributed by atoms with E-state index in [0.29, 0.717) is 6.04 Å². The molecule has 1 atom stereocenters. The van der Waals surface area contributed by atoms with Crippen LogP contribution in [0.3, 0.4) is 0 Å². The van der Waals surface area contributed by atoms with E-state index in [1.165, 1.54) is 31.5 Å². The molecule has 1 saturated heterocycles. The molecule has 1 aromatic rings. The third-order valence-corrected chi connectivity index (χ3v) is 4.01. The van der Waals surface area contributed by atoms with Crippen molar-refractivity contribution in [2.75, 3.05) is 19.6 Å². The standard InChI is InChI=1S/C15H24ClN3/c1-12(2)18-8-13-4-3-7-19(10-13)11-14-5-6-17-9-15(14)16/h5-6,9,12-13,18H,3-4,7-8,10-11H2,1-2H3. The number of halogens is 1. The number of aromatic nitrogens is 1. The number of hydrogen-bond donors (Lipinski definition) is 1. The quantitative estimate of drug-likeness (QED) is 0.899. The summed E-state index contributed by atoms with van der Waals surface area (Å²) in [6, 6.07) is 2.60. The van der Waals surface area contributed by atoms with Gasteiger partial charge in [-0.2, -0.15) is 0 Å². The zero-order chi connectivity index (χ0) is 13.7. The Morgan fingerprint density at radius 3 is 3.11 bits per heavy atom. The van der Waals surface area contributed by atoms with E-state index < -0.39 is 0 Å². The van der Waals surface area contributed by atoms with Gasteiger partial charge in [0.15, 0.2) is 0 Å². The van der Waals surface area contributed by atoms with Gasteiger partial charge in [-0.05, 0) is 43.5 Å². The number of piperidine rings is 1. The Morgan fingerprint density at radius 2 is 2.37 bits per heavy atom. The fourth-order valence-corrected chi connectivity index (χ4v) is 2.82. The molecule has 19 heavy (non-hydrogen) atoms. The Balaban J connectivity index is 1.86. The van der Waals surface area contributed by atoms with Crippen molar-refractivity contribution in [3.63, 3.8) is 0 Å². The Morgan fingerprint density at radius 1 is 1.53 bits per heavy atom. The highest BCUT2D eigenvalue weighted by Gasteiger charge is 2.20. The first-order chi connectivity index (χ1) is 9.15. The largest absolute Gasteiger partial charge is 0.314 e. The van der Waals surface area contributed by atoms with E-state index in [1.54, 1.807) is 6.20 Å². The summed E-state index contributed by atoms with van der Waals surface area (Å²) in [5.41, 5.74) is 1.19. The topological polar surface area (TPSA) is 28.2 Å². The summed E-state index contributed by atoms with van der Waals surface area (Å²) in [7, 11) is 0. The van der Waals surface area contributed by atoms with E-state index in [2.05, 4.69) is 29.0 Å². The highest BCUT2D eigenvalue weighted by atomic mass is 35.5. The minimum Gasteiger partial charge on any atom is -0.314 e. The monoisotopic (exact) mass is 281 g/mol. The number of nitrogens with one attached hydrogen (secondary N) is 1. The first-order valence-corrected chi connectivity index (χ1v) is 7.57. The molecule has 0 aromatic carbocycles. The molecule has 0 bridgehead atoms. The predicted octanol–water partition coefficient (Wildman–Crippen LogP) is 2.95. The minimum absolute atomic E-state index is 0.574. The molecule has 4 heteroatoms. The van der Waals surface area contributed by atoms with Crippen LogP contribution in [0.4, 0.5) is 0 Å². The summed E-state index contributed by atoms with van der Waals surface area (Å²) in [4.78, 5) is 6.55. The van der Waals surface area contributed by atoms with Gasteiger partial charge in [0.25, 0.3) is 0 Å². The summed E-state index contributed by atoms with van der Waals surface area (Å²) in [6.07, 6.45) is 6.18. The number of nitrogens with zero attached hydrogens (tertiary/aromatic N) is 2. The third kappa shape index (κ3) is 4.75. The van der Waals surface area contributed by atoms with E-state index in [-0.39, 0.29) is 0 Å². The van der Waals surface area contributed by atoms with Crippen LogP contribution >= 0.6 is 11.6 Å². The number of pyridine rings is 1. The molecule has 1 fully saturated rings. The van der Waals surface area contributed by atoms with Crippen LogP contribution in [0.15, 0.2) is 18.5 Å². The zero-order valence-electron chi connectivity index (χ0n) is 11.9. The molecule has 106 valence electrons. The van der Waals surface area contributed by atoms with Crippen molar-refractivity contribution in [1.29, 1.82) is 0 Å². The molecule has 1 aromatic heterocycles. The average Bonchev–Trinajstić information content (AvgIpc) is 2.40. The van der Waals surface area contributed by atoms with Crippen molar-refractivity contribution in [3.05, 3.63) is 29.0 Å². The number of likely N-dealkylation sites (tertiary alicyclic amines) is 1. The predicted molar refractivity (Wildman–Crippen MR) is 80.4 cm³/mol. The lowest BCUT2D eigenvalue weighted by Crippen LogP contribution is -2.40. The summed E-state index contributed by atoms with van der Waals surface area (Å²) in [5.74, 6) is 0.761. The van der Waals surface area contributed by atoms with Gasteiger partial charge in [0.2, 0.25) is 0 Å². The first kappa shape index (κ1) is 14.8. The SMILES string of the molecule is CC(C)NCC1CCCN(Cc2ccncc2Cl)C1. The van der Waals surface area contributed by atoms with Gasteiger partial charge in [0.1, 0.15) is 0 Å². The lowest BCUT2D eigenvalue weighted by molar-refractivity contribution is 0.164. The van der Waals surface area contributed by atoms with Crippen molar-refractivity contribution in [2.24, 2.45) is 5.92 Å². The molecule has 0 aliphatic carbocycles. The van der Waals surface area contributed by atoms with Crippen molar-refractivity contribution >= 4 is 11.6 Å². The molecule has 1 N–H and O–H groups in total. The fraction of sp³-hybridized carbons (Fsp3) is 0.667. The van der Waals surface area contributed by atoms with E-state index in [9.17, 15) is 0 Å². The summed E-state index contributed by atoms with van der Waals surface area (Å²) in [5, 5.41) is 4.33. The van der Waals surface area contributed by atoms with Crippen LogP contribution in [-0.2, 0) is 6.54 Å². The molecule has 3 nitrogen and oxygen atoms in total. The molecule has 0 spiro atoms. The van der Waals surface area contributed by atoms with E-state index in [0.717, 1.165) is 24.0 Å². The molecule has 0 amide bonds. The van der Waals surface area contributed by atoms with Gasteiger partial charge in [-0.3, -0.25) is 9.88 Å². The van der Waals surface area contributed by atoms with E-state index >= 15 is 0 Å². The Labute approximate surface area is 121 Å². The third-order valence-electron chi connectivity index (χ3n) is 3.67. The van der Waals surface area contributed by atoms with E-state index in [4.69, 9.17) is 11.6 Å². The molecule has 0 radical (unpaired) electrons. The van der Waals surface area contributed by atoms with Crippen molar-refractivity contribution in [2.45, 2.75) is 39.3 Å². The highest BCUT2D eigenvalue weighted by molar-refractivity contribution is 6.31. The van der Waals surface area contributed by atoms with Gasteiger partial charge >= 0.3 is 0 Å². The lowest BCUT2D eigenvalue weighted by atomic mass is 9.97. The second-order valence-electron chi connectivity index (χ2n) is 5.77. The van der Waals surface area contributed by atoms with Crippen LogP contribution in [0, 0.1) is 5.92 Å². The van der Waals surface area contributed by atoms with Gasteiger partial charge in [-0.15, -0.1) is 0 Å². The molecule has 1 unspecified atom stereocenters. The Hall–Kier alpha value is -0.640. The summed E-state index contributed by atoms with van der Waals surface area (Å²) < 4.78 is 0. The summed E-state index contributed by atoms with van der Waals surface area (Å²) in [6.45, 7) is 8.82. The maximum Gasteiger partial charge on any atom is 0.0634 e. The van der Waals surface area contributed by atoms with Crippen molar-refractivity contribution < 1.29 is 0 Å². The second-order valence-corrected chi connectivity index (χ2v) is 6.18. The van der Waals surface area contributed by atoms with Crippen LogP contribution < -0.4 is 5.32 Å². The first-order valence-electron chi connectivity index (χ1n) is 7.19. The van der Waals surface area contributed by atoms with Gasteiger partial charge in [0, 0.05) is 31.5 Å². The normalized spacial score (nSPS) is 20.9. The molecule has 1 aliphatic heterocycles. The molecule has 2 rings (SSSR count).